The van der Waals surface area contributed by atoms with Crippen molar-refractivity contribution in [1.82, 2.24) is 9.97 Å². The lowest BCUT2D eigenvalue weighted by Crippen LogP contribution is -2.41. The summed E-state index contributed by atoms with van der Waals surface area (Å²) in [5.74, 6) is 0.436. The molecule has 1 aliphatic rings. The molecule has 1 saturated heterocycles. The van der Waals surface area contributed by atoms with Crippen molar-refractivity contribution in [2.75, 3.05) is 29.9 Å². The predicted octanol–water partition coefficient (Wildman–Crippen LogP) is 2.87. The van der Waals surface area contributed by atoms with Crippen molar-refractivity contribution in [3.8, 4) is 5.75 Å². The Bertz CT molecular complexity index is 784. The molecule has 2 heterocycles. The number of hydrogen-bond donors (Lipinski definition) is 1. The predicted molar refractivity (Wildman–Crippen MR) is 99.7 cm³/mol. The quantitative estimate of drug-likeness (QED) is 0.639. The first-order chi connectivity index (χ1) is 13.2. The van der Waals surface area contributed by atoms with Crippen molar-refractivity contribution in [2.45, 2.75) is 19.8 Å². The van der Waals surface area contributed by atoms with Crippen LogP contribution in [0.3, 0.4) is 0 Å². The van der Waals surface area contributed by atoms with Crippen molar-refractivity contribution in [1.29, 1.82) is 0 Å². The molecule has 1 fully saturated rings. The summed E-state index contributed by atoms with van der Waals surface area (Å²) >= 11 is 0. The zero-order chi connectivity index (χ0) is 19.1. The molecule has 0 spiro atoms. The van der Waals surface area contributed by atoms with E-state index < -0.39 is 6.09 Å². The van der Waals surface area contributed by atoms with Gasteiger partial charge in [-0.1, -0.05) is 6.07 Å². The molecule has 1 aromatic carbocycles. The van der Waals surface area contributed by atoms with E-state index in [1.807, 2.05) is 4.90 Å². The normalized spacial score (nSPS) is 16.5. The van der Waals surface area contributed by atoms with Crippen LogP contribution in [-0.2, 0) is 9.53 Å². The molecule has 8 heteroatoms. The van der Waals surface area contributed by atoms with E-state index in [2.05, 4.69) is 15.3 Å². The second-order valence-electron chi connectivity index (χ2n) is 6.13. The topological polar surface area (TPSA) is 93.6 Å². The number of anilines is 2. The van der Waals surface area contributed by atoms with Gasteiger partial charge in [-0.15, -0.1) is 0 Å². The fourth-order valence-electron chi connectivity index (χ4n) is 2.93. The van der Waals surface area contributed by atoms with Gasteiger partial charge in [0.15, 0.2) is 0 Å². The Kier molecular flexibility index (Phi) is 6.19. The SMILES string of the molecule is CCOC(=O)Nc1cccc(OC(=O)[C@@H]2CCCN(c3ncccn3)C2)c1. The first kappa shape index (κ1) is 18.6. The molecule has 27 heavy (non-hydrogen) atoms. The third kappa shape index (κ3) is 5.16. The number of carbonyl (C=O) groups excluding carboxylic acids is 2. The van der Waals surface area contributed by atoms with E-state index in [4.69, 9.17) is 9.47 Å². The van der Waals surface area contributed by atoms with Gasteiger partial charge in [0.1, 0.15) is 5.75 Å². The van der Waals surface area contributed by atoms with Crippen LogP contribution >= 0.6 is 0 Å². The molecule has 1 amide bonds. The second kappa shape index (κ2) is 8.98. The molecule has 2 aromatic rings. The van der Waals surface area contributed by atoms with Crippen LogP contribution in [0.2, 0.25) is 0 Å². The van der Waals surface area contributed by atoms with E-state index >= 15 is 0 Å². The van der Waals surface area contributed by atoms with Gasteiger partial charge in [-0.05, 0) is 38.0 Å². The van der Waals surface area contributed by atoms with Crippen LogP contribution in [0, 0.1) is 5.92 Å². The highest BCUT2D eigenvalue weighted by Crippen LogP contribution is 2.23. The van der Waals surface area contributed by atoms with E-state index in [0.717, 1.165) is 19.4 Å². The molecule has 3 rings (SSSR count). The third-order valence-electron chi connectivity index (χ3n) is 4.16. The lowest BCUT2D eigenvalue weighted by molar-refractivity contribution is -0.139. The van der Waals surface area contributed by atoms with Crippen molar-refractivity contribution >= 4 is 23.7 Å². The number of rotatable bonds is 5. The second-order valence-corrected chi connectivity index (χ2v) is 6.13. The zero-order valence-electron chi connectivity index (χ0n) is 15.1. The van der Waals surface area contributed by atoms with Gasteiger partial charge in [0.05, 0.1) is 12.5 Å². The number of nitrogens with zero attached hydrogens (tertiary/aromatic N) is 3. The minimum absolute atomic E-state index is 0.260. The maximum absolute atomic E-state index is 12.6. The molecule has 1 N–H and O–H groups in total. The van der Waals surface area contributed by atoms with Gasteiger partial charge in [-0.25, -0.2) is 14.8 Å². The fourth-order valence-corrected chi connectivity index (χ4v) is 2.93. The van der Waals surface area contributed by atoms with E-state index in [0.29, 0.717) is 23.9 Å². The Labute approximate surface area is 157 Å². The van der Waals surface area contributed by atoms with Gasteiger partial charge in [-0.3, -0.25) is 10.1 Å². The molecule has 1 atom stereocenters. The highest BCUT2D eigenvalue weighted by atomic mass is 16.5. The van der Waals surface area contributed by atoms with E-state index in [1.165, 1.54) is 0 Å². The van der Waals surface area contributed by atoms with Crippen molar-refractivity contribution in [3.63, 3.8) is 0 Å². The Morgan fingerprint density at radius 1 is 1.26 bits per heavy atom. The molecule has 1 aromatic heterocycles. The number of ether oxygens (including phenoxy) is 2. The summed E-state index contributed by atoms with van der Waals surface area (Å²) in [6.07, 6.45) is 4.44. The van der Waals surface area contributed by atoms with Gasteiger partial charge < -0.3 is 14.4 Å². The Balaban J connectivity index is 1.60. The third-order valence-corrected chi connectivity index (χ3v) is 4.16. The number of amides is 1. The van der Waals surface area contributed by atoms with Crippen LogP contribution < -0.4 is 15.0 Å². The number of aromatic nitrogens is 2. The van der Waals surface area contributed by atoms with Gasteiger partial charge >= 0.3 is 12.1 Å². The number of nitrogens with one attached hydrogen (secondary N) is 1. The average molecular weight is 370 g/mol. The molecular weight excluding hydrogens is 348 g/mol. The van der Waals surface area contributed by atoms with E-state index in [-0.39, 0.29) is 18.5 Å². The van der Waals surface area contributed by atoms with Gasteiger partial charge in [0.25, 0.3) is 0 Å². The summed E-state index contributed by atoms with van der Waals surface area (Å²) < 4.78 is 10.4. The smallest absolute Gasteiger partial charge is 0.411 e. The summed E-state index contributed by atoms with van der Waals surface area (Å²) in [6, 6.07) is 8.43. The molecule has 8 nitrogen and oxygen atoms in total. The van der Waals surface area contributed by atoms with Gasteiger partial charge in [0.2, 0.25) is 5.95 Å². The monoisotopic (exact) mass is 370 g/mol. The summed E-state index contributed by atoms with van der Waals surface area (Å²) in [5.41, 5.74) is 0.502. The largest absolute Gasteiger partial charge is 0.450 e. The summed E-state index contributed by atoms with van der Waals surface area (Å²) in [4.78, 5) is 34.6. The molecule has 0 radical (unpaired) electrons. The summed E-state index contributed by atoms with van der Waals surface area (Å²) in [7, 11) is 0. The highest BCUT2D eigenvalue weighted by molar-refractivity contribution is 5.85. The number of carbonyl (C=O) groups is 2. The fraction of sp³-hybridized carbons (Fsp3) is 0.368. The molecule has 0 aliphatic carbocycles. The standard InChI is InChI=1S/C19H22N4O4/c1-2-26-19(25)22-15-7-3-8-16(12-15)27-17(24)14-6-4-11-23(13-14)18-20-9-5-10-21-18/h3,5,7-10,12,14H,2,4,6,11,13H2,1H3,(H,22,25)/t14-/m1/s1. The Morgan fingerprint density at radius 2 is 2.07 bits per heavy atom. The summed E-state index contributed by atoms with van der Waals surface area (Å²) in [6.45, 7) is 3.34. The van der Waals surface area contributed by atoms with Crippen molar-refractivity contribution in [2.24, 2.45) is 5.92 Å². The number of piperidine rings is 1. The van der Waals surface area contributed by atoms with Gasteiger partial charge in [-0.2, -0.15) is 0 Å². The number of esters is 1. The lowest BCUT2D eigenvalue weighted by atomic mass is 9.98. The lowest BCUT2D eigenvalue weighted by Gasteiger charge is -2.31. The number of benzene rings is 1. The molecule has 0 unspecified atom stereocenters. The van der Waals surface area contributed by atoms with Crippen LogP contribution in [-0.4, -0.2) is 41.7 Å². The minimum atomic E-state index is -0.549. The van der Waals surface area contributed by atoms with Crippen molar-refractivity contribution in [3.05, 3.63) is 42.7 Å². The molecular formula is C19H22N4O4. The molecule has 1 aliphatic heterocycles. The molecule has 0 bridgehead atoms. The molecule has 0 saturated carbocycles. The number of hydrogen-bond acceptors (Lipinski definition) is 7. The van der Waals surface area contributed by atoms with E-state index in [1.54, 1.807) is 49.6 Å². The highest BCUT2D eigenvalue weighted by Gasteiger charge is 2.28. The first-order valence-electron chi connectivity index (χ1n) is 8.93. The Morgan fingerprint density at radius 3 is 2.85 bits per heavy atom. The van der Waals surface area contributed by atoms with Crippen molar-refractivity contribution < 1.29 is 19.1 Å². The van der Waals surface area contributed by atoms with Crippen LogP contribution in [0.15, 0.2) is 42.7 Å². The van der Waals surface area contributed by atoms with Crippen LogP contribution in [0.1, 0.15) is 19.8 Å². The average Bonchev–Trinajstić information content (AvgIpc) is 2.69. The van der Waals surface area contributed by atoms with Gasteiger partial charge in [0, 0.05) is 37.2 Å². The maximum Gasteiger partial charge on any atom is 0.411 e. The van der Waals surface area contributed by atoms with Crippen LogP contribution in [0.4, 0.5) is 16.4 Å². The maximum atomic E-state index is 12.6. The zero-order valence-corrected chi connectivity index (χ0v) is 15.1. The Hall–Kier alpha value is -3.16. The minimum Gasteiger partial charge on any atom is -0.450 e. The first-order valence-corrected chi connectivity index (χ1v) is 8.93. The van der Waals surface area contributed by atoms with E-state index in [9.17, 15) is 9.59 Å². The summed E-state index contributed by atoms with van der Waals surface area (Å²) in [5, 5.41) is 2.59. The van der Waals surface area contributed by atoms with Crippen LogP contribution in [0.5, 0.6) is 5.75 Å². The molecule has 142 valence electrons. The van der Waals surface area contributed by atoms with Crippen LogP contribution in [0.25, 0.3) is 0 Å².